The molecule has 1 aliphatic heterocycles. The van der Waals surface area contributed by atoms with Crippen LogP contribution in [0.2, 0.25) is 5.02 Å². The van der Waals surface area contributed by atoms with Gasteiger partial charge in [0.25, 0.3) is 0 Å². The van der Waals surface area contributed by atoms with Crippen LogP contribution >= 0.6 is 11.6 Å². The summed E-state index contributed by atoms with van der Waals surface area (Å²) in [5.74, 6) is 1.25. The third-order valence-corrected chi connectivity index (χ3v) is 6.32. The molecule has 3 aromatic rings. The first-order valence-corrected chi connectivity index (χ1v) is 11.0. The number of hydrogen-bond donors (Lipinski definition) is 0. The van der Waals surface area contributed by atoms with E-state index < -0.39 is 0 Å². The van der Waals surface area contributed by atoms with Gasteiger partial charge in [-0.3, -0.25) is 4.90 Å². The van der Waals surface area contributed by atoms with Gasteiger partial charge < -0.3 is 4.74 Å². The second-order valence-corrected chi connectivity index (χ2v) is 8.59. The molecule has 0 aliphatic carbocycles. The lowest BCUT2D eigenvalue weighted by atomic mass is 9.77. The summed E-state index contributed by atoms with van der Waals surface area (Å²) in [5.41, 5.74) is 3.16. The van der Waals surface area contributed by atoms with E-state index in [9.17, 15) is 0 Å². The number of pyridine rings is 1. The molecule has 4 rings (SSSR count). The lowest BCUT2D eigenvalue weighted by molar-refractivity contribution is 0.0639. The van der Waals surface area contributed by atoms with E-state index in [1.165, 1.54) is 11.1 Å². The van der Waals surface area contributed by atoms with Gasteiger partial charge in [0.15, 0.2) is 0 Å². The molecule has 0 saturated carbocycles. The SMILES string of the molecule is C[C@H](Oc1ccc(C#N)cn1)[C@H]1CCN(Cc2ccccc2)C[C@@H]1c1ccc(Cl)cc1. The molecular weight excluding hydrogens is 406 g/mol. The van der Waals surface area contributed by atoms with Crippen molar-refractivity contribution < 1.29 is 4.74 Å². The van der Waals surface area contributed by atoms with E-state index in [0.717, 1.165) is 31.1 Å². The standard InChI is InChI=1S/C26H26ClN3O/c1-19(31-26-12-7-21(15-28)16-29-26)24-13-14-30(17-20-5-3-2-4-6-20)18-25(24)22-8-10-23(27)11-9-22/h2-12,16,19,24-25H,13-14,17-18H2,1H3/t19-,24+,25+/m0/s1. The minimum absolute atomic E-state index is 0.0000101. The Kier molecular flexibility index (Phi) is 6.86. The minimum atomic E-state index is -0.0000101. The Labute approximate surface area is 189 Å². The number of nitrogens with zero attached hydrogens (tertiary/aromatic N) is 3. The monoisotopic (exact) mass is 431 g/mol. The molecule has 0 radical (unpaired) electrons. The molecule has 1 aromatic heterocycles. The van der Waals surface area contributed by atoms with Gasteiger partial charge in [-0.25, -0.2) is 4.98 Å². The molecule has 4 nitrogen and oxygen atoms in total. The molecule has 2 aromatic carbocycles. The van der Waals surface area contributed by atoms with Gasteiger partial charge in [-0.15, -0.1) is 0 Å². The van der Waals surface area contributed by atoms with Crippen LogP contribution in [0.1, 0.15) is 36.0 Å². The van der Waals surface area contributed by atoms with Gasteiger partial charge in [0.2, 0.25) is 5.88 Å². The molecule has 1 saturated heterocycles. The molecule has 3 atom stereocenters. The summed E-state index contributed by atoms with van der Waals surface area (Å²) in [7, 11) is 0. The van der Waals surface area contributed by atoms with Crippen molar-refractivity contribution >= 4 is 11.6 Å². The second-order valence-electron chi connectivity index (χ2n) is 8.15. The summed E-state index contributed by atoms with van der Waals surface area (Å²) in [5, 5.41) is 9.73. The zero-order valence-electron chi connectivity index (χ0n) is 17.6. The van der Waals surface area contributed by atoms with E-state index in [0.29, 0.717) is 23.3 Å². The number of nitriles is 1. The van der Waals surface area contributed by atoms with Crippen LogP contribution in [0.3, 0.4) is 0 Å². The third kappa shape index (κ3) is 5.44. The Morgan fingerprint density at radius 1 is 1.13 bits per heavy atom. The zero-order valence-corrected chi connectivity index (χ0v) is 18.4. The molecule has 1 fully saturated rings. The zero-order chi connectivity index (χ0) is 21.6. The van der Waals surface area contributed by atoms with Crippen LogP contribution < -0.4 is 4.74 Å². The van der Waals surface area contributed by atoms with Crippen LogP contribution in [0.4, 0.5) is 0 Å². The Morgan fingerprint density at radius 2 is 1.90 bits per heavy atom. The van der Waals surface area contributed by atoms with Crippen LogP contribution in [-0.4, -0.2) is 29.1 Å². The lowest BCUT2D eigenvalue weighted by Gasteiger charge is -2.41. The number of ether oxygens (including phenoxy) is 1. The number of likely N-dealkylation sites (tertiary alicyclic amines) is 1. The smallest absolute Gasteiger partial charge is 0.213 e. The quantitative estimate of drug-likeness (QED) is 0.503. The average Bonchev–Trinajstić information content (AvgIpc) is 2.81. The first kappa shape index (κ1) is 21.4. The van der Waals surface area contributed by atoms with E-state index >= 15 is 0 Å². The summed E-state index contributed by atoms with van der Waals surface area (Å²) in [6, 6.07) is 24.5. The first-order chi connectivity index (χ1) is 15.1. The van der Waals surface area contributed by atoms with E-state index in [1.807, 2.05) is 12.1 Å². The first-order valence-electron chi connectivity index (χ1n) is 10.7. The van der Waals surface area contributed by atoms with Gasteiger partial charge in [0.1, 0.15) is 12.2 Å². The molecule has 5 heteroatoms. The van der Waals surface area contributed by atoms with Crippen molar-refractivity contribution in [2.75, 3.05) is 13.1 Å². The normalized spacial score (nSPS) is 20.0. The molecule has 2 heterocycles. The van der Waals surface area contributed by atoms with E-state index in [2.05, 4.69) is 65.3 Å². The van der Waals surface area contributed by atoms with Crippen molar-refractivity contribution in [1.29, 1.82) is 5.26 Å². The largest absolute Gasteiger partial charge is 0.474 e. The Morgan fingerprint density at radius 3 is 2.58 bits per heavy atom. The average molecular weight is 432 g/mol. The Hall–Kier alpha value is -2.87. The summed E-state index contributed by atoms with van der Waals surface area (Å²) in [6.45, 7) is 5.07. The van der Waals surface area contributed by atoms with Crippen molar-refractivity contribution in [3.8, 4) is 11.9 Å². The molecule has 0 N–H and O–H groups in total. The molecule has 0 bridgehead atoms. The number of halogens is 1. The van der Waals surface area contributed by atoms with Gasteiger partial charge in [0, 0.05) is 42.2 Å². The summed E-state index contributed by atoms with van der Waals surface area (Å²) < 4.78 is 6.22. The summed E-state index contributed by atoms with van der Waals surface area (Å²) >= 11 is 6.15. The van der Waals surface area contributed by atoms with Crippen LogP contribution in [0.15, 0.2) is 72.9 Å². The fourth-order valence-corrected chi connectivity index (χ4v) is 4.57. The van der Waals surface area contributed by atoms with Gasteiger partial charge in [-0.2, -0.15) is 5.26 Å². The van der Waals surface area contributed by atoms with Crippen molar-refractivity contribution in [1.82, 2.24) is 9.88 Å². The van der Waals surface area contributed by atoms with E-state index in [1.54, 1.807) is 18.3 Å². The molecule has 0 unspecified atom stereocenters. The van der Waals surface area contributed by atoms with Gasteiger partial charge in [-0.05, 0) is 49.2 Å². The van der Waals surface area contributed by atoms with Crippen LogP contribution in [0.5, 0.6) is 5.88 Å². The van der Waals surface area contributed by atoms with Gasteiger partial charge >= 0.3 is 0 Å². The minimum Gasteiger partial charge on any atom is -0.474 e. The lowest BCUT2D eigenvalue weighted by Crippen LogP contribution is -2.43. The highest BCUT2D eigenvalue weighted by molar-refractivity contribution is 6.30. The van der Waals surface area contributed by atoms with Gasteiger partial charge in [0.05, 0.1) is 5.56 Å². The van der Waals surface area contributed by atoms with E-state index in [-0.39, 0.29) is 6.10 Å². The van der Waals surface area contributed by atoms with Crippen molar-refractivity contribution in [2.24, 2.45) is 5.92 Å². The number of benzene rings is 2. The molecular formula is C26H26ClN3O. The maximum atomic E-state index is 8.98. The summed E-state index contributed by atoms with van der Waals surface area (Å²) in [6.07, 6.45) is 2.60. The predicted molar refractivity (Wildman–Crippen MR) is 123 cm³/mol. The molecule has 0 spiro atoms. The van der Waals surface area contributed by atoms with Crippen molar-refractivity contribution in [3.63, 3.8) is 0 Å². The molecule has 1 aliphatic rings. The van der Waals surface area contributed by atoms with Gasteiger partial charge in [-0.1, -0.05) is 54.1 Å². The number of aromatic nitrogens is 1. The Bertz CT molecular complexity index is 1020. The van der Waals surface area contributed by atoms with Crippen LogP contribution in [0.25, 0.3) is 0 Å². The highest BCUT2D eigenvalue weighted by Crippen LogP contribution is 2.37. The fourth-order valence-electron chi connectivity index (χ4n) is 4.44. The summed E-state index contributed by atoms with van der Waals surface area (Å²) in [4.78, 5) is 6.82. The number of hydrogen-bond acceptors (Lipinski definition) is 4. The highest BCUT2D eigenvalue weighted by atomic mass is 35.5. The van der Waals surface area contributed by atoms with Crippen molar-refractivity contribution in [3.05, 3.63) is 94.6 Å². The van der Waals surface area contributed by atoms with Crippen molar-refractivity contribution in [2.45, 2.75) is 31.9 Å². The maximum Gasteiger partial charge on any atom is 0.213 e. The topological polar surface area (TPSA) is 49.1 Å². The fraction of sp³-hybridized carbons (Fsp3) is 0.308. The Balaban J connectivity index is 1.52. The van der Waals surface area contributed by atoms with Crippen LogP contribution in [-0.2, 0) is 6.54 Å². The predicted octanol–water partition coefficient (Wildman–Crippen LogP) is 5.68. The number of piperidine rings is 1. The van der Waals surface area contributed by atoms with E-state index in [4.69, 9.17) is 21.6 Å². The maximum absolute atomic E-state index is 8.98. The molecule has 0 amide bonds. The van der Waals surface area contributed by atoms with Crippen LogP contribution in [0, 0.1) is 17.2 Å². The third-order valence-electron chi connectivity index (χ3n) is 6.07. The number of rotatable bonds is 6. The highest BCUT2D eigenvalue weighted by Gasteiger charge is 2.35. The molecule has 158 valence electrons. The second kappa shape index (κ2) is 9.96. The molecule has 31 heavy (non-hydrogen) atoms.